The highest BCUT2D eigenvalue weighted by Crippen LogP contribution is 2.24. The lowest BCUT2D eigenvalue weighted by atomic mass is 9.98. The Kier molecular flexibility index (Phi) is 4.31. The van der Waals surface area contributed by atoms with Crippen molar-refractivity contribution in [2.75, 3.05) is 7.11 Å². The van der Waals surface area contributed by atoms with E-state index in [0.717, 1.165) is 0 Å². The third-order valence-corrected chi connectivity index (χ3v) is 2.48. The van der Waals surface area contributed by atoms with Gasteiger partial charge in [-0.15, -0.1) is 0 Å². The number of aliphatic hydroxyl groups excluding tert-OH is 1. The second kappa shape index (κ2) is 5.51. The minimum atomic E-state index is -0.901. The topological polar surface area (TPSA) is 66.8 Å². The van der Waals surface area contributed by atoms with Crippen molar-refractivity contribution in [2.45, 2.75) is 19.4 Å². The summed E-state index contributed by atoms with van der Waals surface area (Å²) >= 11 is 0. The van der Waals surface area contributed by atoms with Crippen LogP contribution in [-0.4, -0.2) is 23.3 Å². The molecule has 0 spiro atoms. The standard InChI is InChI=1S/C12H16O4/c1-8(12(14)15)6-11(13)9-4-3-5-10(7-9)16-2/h3-5,7-8,11,13H,6H2,1-2H3,(H,14,15). The van der Waals surface area contributed by atoms with Crippen molar-refractivity contribution in [1.29, 1.82) is 0 Å². The Morgan fingerprint density at radius 2 is 2.19 bits per heavy atom. The Hall–Kier alpha value is -1.55. The first-order chi connectivity index (χ1) is 7.54. The van der Waals surface area contributed by atoms with Gasteiger partial charge in [0.05, 0.1) is 19.1 Å². The number of aliphatic carboxylic acids is 1. The van der Waals surface area contributed by atoms with Crippen molar-refractivity contribution >= 4 is 5.97 Å². The first-order valence-electron chi connectivity index (χ1n) is 5.09. The van der Waals surface area contributed by atoms with Crippen LogP contribution < -0.4 is 4.74 Å². The molecule has 0 radical (unpaired) electrons. The molecule has 0 aliphatic rings. The van der Waals surface area contributed by atoms with Gasteiger partial charge in [-0.25, -0.2) is 0 Å². The van der Waals surface area contributed by atoms with Crippen LogP contribution in [0.25, 0.3) is 0 Å². The molecule has 2 atom stereocenters. The van der Waals surface area contributed by atoms with Crippen molar-refractivity contribution in [3.05, 3.63) is 29.8 Å². The van der Waals surface area contributed by atoms with Crippen LogP contribution in [0.4, 0.5) is 0 Å². The fourth-order valence-corrected chi connectivity index (χ4v) is 1.42. The van der Waals surface area contributed by atoms with E-state index < -0.39 is 18.0 Å². The fourth-order valence-electron chi connectivity index (χ4n) is 1.42. The zero-order valence-corrected chi connectivity index (χ0v) is 9.38. The second-order valence-electron chi connectivity index (χ2n) is 3.77. The van der Waals surface area contributed by atoms with E-state index in [1.165, 1.54) is 0 Å². The van der Waals surface area contributed by atoms with Gasteiger partial charge in [0, 0.05) is 0 Å². The molecule has 4 nitrogen and oxygen atoms in total. The van der Waals surface area contributed by atoms with Crippen LogP contribution in [0.15, 0.2) is 24.3 Å². The monoisotopic (exact) mass is 224 g/mol. The molecule has 16 heavy (non-hydrogen) atoms. The van der Waals surface area contributed by atoms with Crippen LogP contribution >= 0.6 is 0 Å². The first kappa shape index (κ1) is 12.5. The van der Waals surface area contributed by atoms with Crippen molar-refractivity contribution in [3.8, 4) is 5.75 Å². The molecule has 0 aliphatic carbocycles. The molecular formula is C12H16O4. The van der Waals surface area contributed by atoms with Crippen LogP contribution in [0.5, 0.6) is 5.75 Å². The molecule has 0 bridgehead atoms. The van der Waals surface area contributed by atoms with E-state index in [1.807, 2.05) is 0 Å². The number of hydrogen-bond donors (Lipinski definition) is 2. The molecule has 0 heterocycles. The Balaban J connectivity index is 2.72. The third-order valence-electron chi connectivity index (χ3n) is 2.48. The highest BCUT2D eigenvalue weighted by atomic mass is 16.5. The molecule has 88 valence electrons. The average Bonchev–Trinajstić information content (AvgIpc) is 2.28. The minimum Gasteiger partial charge on any atom is -0.497 e. The fraction of sp³-hybridized carbons (Fsp3) is 0.417. The molecule has 0 saturated heterocycles. The van der Waals surface area contributed by atoms with Crippen LogP contribution in [0.3, 0.4) is 0 Å². The SMILES string of the molecule is COc1cccc(C(O)CC(C)C(=O)O)c1. The summed E-state index contributed by atoms with van der Waals surface area (Å²) in [6.07, 6.45) is -0.580. The lowest BCUT2D eigenvalue weighted by Gasteiger charge is -2.14. The maximum atomic E-state index is 10.7. The molecule has 2 unspecified atom stereocenters. The lowest BCUT2D eigenvalue weighted by molar-refractivity contribution is -0.142. The van der Waals surface area contributed by atoms with Gasteiger partial charge in [0.1, 0.15) is 5.75 Å². The molecule has 0 saturated carbocycles. The van der Waals surface area contributed by atoms with Crippen molar-refractivity contribution < 1.29 is 19.7 Å². The van der Waals surface area contributed by atoms with Gasteiger partial charge in [-0.2, -0.15) is 0 Å². The summed E-state index contributed by atoms with van der Waals surface area (Å²) in [4.78, 5) is 10.7. The normalized spacial score (nSPS) is 14.2. The molecule has 1 aromatic rings. The molecule has 0 amide bonds. The third kappa shape index (κ3) is 3.24. The van der Waals surface area contributed by atoms with E-state index >= 15 is 0 Å². The van der Waals surface area contributed by atoms with Gasteiger partial charge in [-0.05, 0) is 24.1 Å². The summed E-state index contributed by atoms with van der Waals surface area (Å²) in [5.74, 6) is -0.817. The van der Waals surface area contributed by atoms with Crippen molar-refractivity contribution in [1.82, 2.24) is 0 Å². The van der Waals surface area contributed by atoms with E-state index in [4.69, 9.17) is 9.84 Å². The van der Waals surface area contributed by atoms with Gasteiger partial charge in [-0.3, -0.25) is 4.79 Å². The number of carboxylic acid groups (broad SMARTS) is 1. The van der Waals surface area contributed by atoms with Gasteiger partial charge >= 0.3 is 5.97 Å². The summed E-state index contributed by atoms with van der Waals surface area (Å²) in [6.45, 7) is 1.58. The van der Waals surface area contributed by atoms with Gasteiger partial charge < -0.3 is 14.9 Å². The van der Waals surface area contributed by atoms with E-state index in [2.05, 4.69) is 0 Å². The van der Waals surface area contributed by atoms with Crippen LogP contribution in [0.2, 0.25) is 0 Å². The molecule has 1 aromatic carbocycles. The predicted octanol–water partition coefficient (Wildman–Crippen LogP) is 1.84. The largest absolute Gasteiger partial charge is 0.497 e. The summed E-state index contributed by atoms with van der Waals surface area (Å²) in [5, 5.41) is 18.6. The Labute approximate surface area is 94.5 Å². The maximum absolute atomic E-state index is 10.7. The Morgan fingerprint density at radius 3 is 2.75 bits per heavy atom. The van der Waals surface area contributed by atoms with Gasteiger partial charge in [-0.1, -0.05) is 19.1 Å². The van der Waals surface area contributed by atoms with Gasteiger partial charge in [0.15, 0.2) is 0 Å². The van der Waals surface area contributed by atoms with Gasteiger partial charge in [0.25, 0.3) is 0 Å². The quantitative estimate of drug-likeness (QED) is 0.800. The van der Waals surface area contributed by atoms with Crippen molar-refractivity contribution in [2.24, 2.45) is 5.92 Å². The number of aliphatic hydroxyl groups is 1. The van der Waals surface area contributed by atoms with Crippen molar-refractivity contribution in [3.63, 3.8) is 0 Å². The minimum absolute atomic E-state index is 0.197. The first-order valence-corrected chi connectivity index (χ1v) is 5.09. The van der Waals surface area contributed by atoms with Crippen LogP contribution in [0, 0.1) is 5.92 Å². The molecular weight excluding hydrogens is 208 g/mol. The number of hydrogen-bond acceptors (Lipinski definition) is 3. The zero-order chi connectivity index (χ0) is 12.1. The highest BCUT2D eigenvalue weighted by Gasteiger charge is 2.17. The highest BCUT2D eigenvalue weighted by molar-refractivity contribution is 5.69. The molecule has 4 heteroatoms. The molecule has 2 N–H and O–H groups in total. The van der Waals surface area contributed by atoms with E-state index in [-0.39, 0.29) is 6.42 Å². The average molecular weight is 224 g/mol. The smallest absolute Gasteiger partial charge is 0.306 e. The molecule has 0 aromatic heterocycles. The summed E-state index contributed by atoms with van der Waals surface area (Å²) in [7, 11) is 1.55. The van der Waals surface area contributed by atoms with Crippen LogP contribution in [0.1, 0.15) is 25.0 Å². The number of ether oxygens (including phenoxy) is 1. The van der Waals surface area contributed by atoms with Crippen LogP contribution in [-0.2, 0) is 4.79 Å². The van der Waals surface area contributed by atoms with E-state index in [0.29, 0.717) is 11.3 Å². The van der Waals surface area contributed by atoms with E-state index in [1.54, 1.807) is 38.3 Å². The molecule has 0 aliphatic heterocycles. The maximum Gasteiger partial charge on any atom is 0.306 e. The zero-order valence-electron chi connectivity index (χ0n) is 9.38. The number of carboxylic acids is 1. The Morgan fingerprint density at radius 1 is 1.50 bits per heavy atom. The number of methoxy groups -OCH3 is 1. The summed E-state index contributed by atoms with van der Waals surface area (Å²) in [5.41, 5.74) is 0.674. The van der Waals surface area contributed by atoms with E-state index in [9.17, 15) is 9.90 Å². The molecule has 0 fully saturated rings. The number of carbonyl (C=O) groups is 1. The molecule has 1 rings (SSSR count). The predicted molar refractivity (Wildman–Crippen MR) is 59.4 cm³/mol. The number of benzene rings is 1. The summed E-state index contributed by atoms with van der Waals surface area (Å²) in [6, 6.07) is 7.00. The Bertz CT molecular complexity index is 362. The second-order valence-corrected chi connectivity index (χ2v) is 3.77. The number of rotatable bonds is 5. The van der Waals surface area contributed by atoms with Gasteiger partial charge in [0.2, 0.25) is 0 Å². The lowest BCUT2D eigenvalue weighted by Crippen LogP contribution is -2.13. The summed E-state index contributed by atoms with van der Waals surface area (Å²) < 4.78 is 5.03.